The molecule has 0 aromatic heterocycles. The molecular formula is C26H39N3O6. The number of esters is 1. The highest BCUT2D eigenvalue weighted by Crippen LogP contribution is 2.40. The number of hydrogen-bond acceptors (Lipinski definition) is 6. The second-order valence-corrected chi connectivity index (χ2v) is 10.5. The molecule has 2 saturated heterocycles. The number of benzene rings is 1. The summed E-state index contributed by atoms with van der Waals surface area (Å²) in [6.45, 7) is 8.32. The largest absolute Gasteiger partial charge is 0.497 e. The average molecular weight is 490 g/mol. The van der Waals surface area contributed by atoms with Gasteiger partial charge in [-0.15, -0.1) is 0 Å². The van der Waals surface area contributed by atoms with Crippen LogP contribution in [-0.4, -0.2) is 86.4 Å². The van der Waals surface area contributed by atoms with Gasteiger partial charge < -0.3 is 29.3 Å². The van der Waals surface area contributed by atoms with Gasteiger partial charge >= 0.3 is 12.0 Å². The van der Waals surface area contributed by atoms with Gasteiger partial charge in [-0.2, -0.15) is 0 Å². The molecule has 9 nitrogen and oxygen atoms in total. The Morgan fingerprint density at radius 3 is 2.31 bits per heavy atom. The lowest BCUT2D eigenvalue weighted by atomic mass is 9.77. The summed E-state index contributed by atoms with van der Waals surface area (Å²) in [5.41, 5.74) is 0.508. The fourth-order valence-corrected chi connectivity index (χ4v) is 4.70. The van der Waals surface area contributed by atoms with Crippen molar-refractivity contribution in [2.45, 2.75) is 58.1 Å². The summed E-state index contributed by atoms with van der Waals surface area (Å²) in [4.78, 5) is 41.6. The zero-order valence-electron chi connectivity index (χ0n) is 21.6. The standard InChI is InChI=1S/C26H39N3O6/c1-25(2,3)35-17-21(23(31)34-5)27-24(32)29-14-11-26(18-29)9-12-28(13-10-26)22(30)16-19-7-6-8-20(15-19)33-4/h6-8,15,21H,9-14,16-18H2,1-5H3,(H,27,32)/t21-/m0/s1. The number of likely N-dealkylation sites (tertiary alicyclic amines) is 2. The topological polar surface area (TPSA) is 97.4 Å². The molecule has 1 atom stereocenters. The second kappa shape index (κ2) is 11.3. The van der Waals surface area contributed by atoms with Crippen molar-refractivity contribution >= 4 is 17.9 Å². The molecule has 2 fully saturated rings. The third-order valence-electron chi connectivity index (χ3n) is 6.86. The summed E-state index contributed by atoms with van der Waals surface area (Å²) in [7, 11) is 2.91. The van der Waals surface area contributed by atoms with Crippen molar-refractivity contribution in [3.8, 4) is 5.75 Å². The Balaban J connectivity index is 1.51. The number of hydrogen-bond donors (Lipinski definition) is 1. The van der Waals surface area contributed by atoms with Gasteiger partial charge in [0.25, 0.3) is 0 Å². The molecule has 3 rings (SSSR count). The van der Waals surface area contributed by atoms with Crippen molar-refractivity contribution in [2.24, 2.45) is 5.41 Å². The number of amides is 3. The van der Waals surface area contributed by atoms with Gasteiger partial charge in [0, 0.05) is 26.2 Å². The van der Waals surface area contributed by atoms with Gasteiger partial charge in [-0.1, -0.05) is 12.1 Å². The van der Waals surface area contributed by atoms with E-state index in [4.69, 9.17) is 14.2 Å². The van der Waals surface area contributed by atoms with Crippen LogP contribution in [0.15, 0.2) is 24.3 Å². The van der Waals surface area contributed by atoms with Gasteiger partial charge in [-0.25, -0.2) is 9.59 Å². The van der Waals surface area contributed by atoms with E-state index >= 15 is 0 Å². The van der Waals surface area contributed by atoms with Crippen LogP contribution in [0, 0.1) is 5.41 Å². The molecule has 2 heterocycles. The monoisotopic (exact) mass is 489 g/mol. The number of methoxy groups -OCH3 is 2. The minimum atomic E-state index is -0.862. The van der Waals surface area contributed by atoms with Crippen LogP contribution in [0.4, 0.5) is 4.79 Å². The molecule has 35 heavy (non-hydrogen) atoms. The number of piperidine rings is 1. The van der Waals surface area contributed by atoms with Crippen molar-refractivity contribution in [3.63, 3.8) is 0 Å². The Kier molecular flexibility index (Phi) is 8.64. The lowest BCUT2D eigenvalue weighted by molar-refractivity contribution is -0.146. The second-order valence-electron chi connectivity index (χ2n) is 10.5. The highest BCUT2D eigenvalue weighted by atomic mass is 16.5. The lowest BCUT2D eigenvalue weighted by Crippen LogP contribution is -2.51. The third kappa shape index (κ3) is 7.34. The van der Waals surface area contributed by atoms with Crippen molar-refractivity contribution in [2.75, 3.05) is 47.0 Å². The van der Waals surface area contributed by atoms with E-state index in [1.165, 1.54) is 7.11 Å². The first-order valence-electron chi connectivity index (χ1n) is 12.2. The van der Waals surface area contributed by atoms with Gasteiger partial charge in [-0.3, -0.25) is 4.79 Å². The minimum absolute atomic E-state index is 0.00671. The van der Waals surface area contributed by atoms with E-state index in [0.29, 0.717) is 32.6 Å². The van der Waals surface area contributed by atoms with Gasteiger partial charge in [-0.05, 0) is 63.1 Å². The zero-order chi connectivity index (χ0) is 25.6. The molecule has 0 radical (unpaired) electrons. The van der Waals surface area contributed by atoms with E-state index in [2.05, 4.69) is 5.32 Å². The molecule has 1 aromatic carbocycles. The summed E-state index contributed by atoms with van der Waals surface area (Å²) in [5.74, 6) is 0.330. The highest BCUT2D eigenvalue weighted by Gasteiger charge is 2.43. The van der Waals surface area contributed by atoms with Gasteiger partial charge in [0.1, 0.15) is 5.75 Å². The van der Waals surface area contributed by atoms with Gasteiger partial charge in [0.15, 0.2) is 6.04 Å². The summed E-state index contributed by atoms with van der Waals surface area (Å²) in [6.07, 6.45) is 2.95. The first-order valence-corrected chi connectivity index (χ1v) is 12.2. The quantitative estimate of drug-likeness (QED) is 0.592. The summed E-state index contributed by atoms with van der Waals surface area (Å²) in [5, 5.41) is 2.78. The molecule has 3 amide bonds. The number of carbonyl (C=O) groups excluding carboxylic acids is 3. The van der Waals surface area contributed by atoms with E-state index in [1.807, 2.05) is 49.9 Å². The molecule has 1 aromatic rings. The van der Waals surface area contributed by atoms with Crippen LogP contribution in [0.3, 0.4) is 0 Å². The number of carbonyl (C=O) groups is 3. The third-order valence-corrected chi connectivity index (χ3v) is 6.86. The molecule has 0 aliphatic carbocycles. The van der Waals surface area contributed by atoms with Crippen LogP contribution in [0.5, 0.6) is 5.75 Å². The van der Waals surface area contributed by atoms with Crippen LogP contribution in [0.2, 0.25) is 0 Å². The number of urea groups is 1. The van der Waals surface area contributed by atoms with Crippen LogP contribution < -0.4 is 10.1 Å². The predicted octanol–water partition coefficient (Wildman–Crippen LogP) is 2.62. The Morgan fingerprint density at radius 2 is 1.71 bits per heavy atom. The fraction of sp³-hybridized carbons (Fsp3) is 0.654. The predicted molar refractivity (Wildman–Crippen MR) is 131 cm³/mol. The Morgan fingerprint density at radius 1 is 1.06 bits per heavy atom. The number of rotatable bonds is 7. The van der Waals surface area contributed by atoms with E-state index in [-0.39, 0.29) is 24.0 Å². The summed E-state index contributed by atoms with van der Waals surface area (Å²) in [6, 6.07) is 6.44. The van der Waals surface area contributed by atoms with Crippen LogP contribution >= 0.6 is 0 Å². The number of nitrogens with zero attached hydrogens (tertiary/aromatic N) is 2. The Hall–Kier alpha value is -2.81. The average Bonchev–Trinajstić information content (AvgIpc) is 3.24. The molecule has 1 N–H and O–H groups in total. The molecule has 2 aliphatic rings. The normalized spacial score (nSPS) is 18.3. The highest BCUT2D eigenvalue weighted by molar-refractivity contribution is 5.84. The molecule has 0 unspecified atom stereocenters. The fourth-order valence-electron chi connectivity index (χ4n) is 4.70. The van der Waals surface area contributed by atoms with Crippen LogP contribution in [-0.2, 0) is 25.5 Å². The lowest BCUT2D eigenvalue weighted by Gasteiger charge is -2.39. The van der Waals surface area contributed by atoms with Gasteiger partial charge in [0.2, 0.25) is 5.91 Å². The van der Waals surface area contributed by atoms with Crippen molar-refractivity contribution < 1.29 is 28.6 Å². The summed E-state index contributed by atoms with van der Waals surface area (Å²) >= 11 is 0. The molecule has 0 saturated carbocycles. The van der Waals surface area contributed by atoms with Crippen molar-refractivity contribution in [3.05, 3.63) is 29.8 Å². The zero-order valence-corrected chi connectivity index (χ0v) is 21.6. The summed E-state index contributed by atoms with van der Waals surface area (Å²) < 4.78 is 15.8. The van der Waals surface area contributed by atoms with Crippen LogP contribution in [0.25, 0.3) is 0 Å². The Bertz CT molecular complexity index is 905. The molecule has 2 aliphatic heterocycles. The van der Waals surface area contributed by atoms with Crippen molar-refractivity contribution in [1.82, 2.24) is 15.1 Å². The molecule has 9 heteroatoms. The molecule has 194 valence electrons. The Labute approximate surface area is 208 Å². The van der Waals surface area contributed by atoms with E-state index in [9.17, 15) is 14.4 Å². The molecular weight excluding hydrogens is 450 g/mol. The van der Waals surface area contributed by atoms with Gasteiger partial charge in [0.05, 0.1) is 32.8 Å². The van der Waals surface area contributed by atoms with E-state index in [0.717, 1.165) is 30.6 Å². The maximum Gasteiger partial charge on any atom is 0.330 e. The molecule has 0 bridgehead atoms. The number of ether oxygens (including phenoxy) is 3. The minimum Gasteiger partial charge on any atom is -0.497 e. The maximum atomic E-state index is 12.9. The van der Waals surface area contributed by atoms with Crippen molar-refractivity contribution in [1.29, 1.82) is 0 Å². The maximum absolute atomic E-state index is 12.9. The van der Waals surface area contributed by atoms with Crippen LogP contribution in [0.1, 0.15) is 45.6 Å². The smallest absolute Gasteiger partial charge is 0.330 e. The first-order chi connectivity index (χ1) is 16.5. The van der Waals surface area contributed by atoms with E-state index < -0.39 is 17.6 Å². The number of nitrogens with one attached hydrogen (secondary N) is 1. The first kappa shape index (κ1) is 26.8. The van der Waals surface area contributed by atoms with E-state index in [1.54, 1.807) is 12.0 Å². The SMILES string of the molecule is COC(=O)[C@H](COC(C)(C)C)NC(=O)N1CCC2(CCN(C(=O)Cc3cccc(OC)c3)CC2)C1. The molecule has 1 spiro atoms.